The quantitative estimate of drug-likeness (QED) is 0.728. The highest BCUT2D eigenvalue weighted by Crippen LogP contribution is 2.24. The fraction of sp³-hybridized carbons (Fsp3) is 0.381. The zero-order chi connectivity index (χ0) is 20.9. The van der Waals surface area contributed by atoms with E-state index in [1.807, 2.05) is 32.0 Å². The first kappa shape index (κ1) is 21.9. The number of carbonyl (C=O) groups excluding carboxylic acids is 1. The minimum Gasteiger partial charge on any atom is -0.483 e. The summed E-state index contributed by atoms with van der Waals surface area (Å²) in [5.74, 6) is 0.209. The van der Waals surface area contributed by atoms with E-state index in [9.17, 15) is 13.2 Å². The SMILES string of the molecule is CCN(CC)S(=O)(=O)c1ccc(OCC(=O)Nc2ccc(C)cc2C)c(C)c1. The van der Waals surface area contributed by atoms with E-state index in [0.29, 0.717) is 24.4 Å². The van der Waals surface area contributed by atoms with Crippen LogP contribution in [0.5, 0.6) is 5.75 Å². The Bertz CT molecular complexity index is 951. The first-order valence-corrected chi connectivity index (χ1v) is 10.7. The predicted octanol–water partition coefficient (Wildman–Crippen LogP) is 3.66. The van der Waals surface area contributed by atoms with E-state index in [4.69, 9.17) is 4.74 Å². The molecule has 0 bridgehead atoms. The largest absolute Gasteiger partial charge is 0.483 e. The van der Waals surface area contributed by atoms with Crippen LogP contribution in [0.1, 0.15) is 30.5 Å². The third kappa shape index (κ3) is 5.11. The van der Waals surface area contributed by atoms with Gasteiger partial charge in [-0.25, -0.2) is 8.42 Å². The minimum absolute atomic E-state index is 0.156. The van der Waals surface area contributed by atoms with Gasteiger partial charge in [0, 0.05) is 18.8 Å². The van der Waals surface area contributed by atoms with Crippen molar-refractivity contribution in [2.45, 2.75) is 39.5 Å². The summed E-state index contributed by atoms with van der Waals surface area (Å²) in [6.07, 6.45) is 0. The molecule has 28 heavy (non-hydrogen) atoms. The average molecular weight is 405 g/mol. The summed E-state index contributed by atoms with van der Waals surface area (Å²) in [5.41, 5.74) is 3.52. The molecule has 6 nitrogen and oxygen atoms in total. The number of amides is 1. The normalized spacial score (nSPS) is 11.5. The van der Waals surface area contributed by atoms with Crippen LogP contribution in [0.15, 0.2) is 41.3 Å². The van der Waals surface area contributed by atoms with Crippen molar-refractivity contribution in [2.24, 2.45) is 0 Å². The molecule has 0 unspecified atom stereocenters. The van der Waals surface area contributed by atoms with Gasteiger partial charge in [-0.2, -0.15) is 4.31 Å². The van der Waals surface area contributed by atoms with Gasteiger partial charge < -0.3 is 10.1 Å². The first-order valence-electron chi connectivity index (χ1n) is 9.29. The second-order valence-corrected chi connectivity index (χ2v) is 8.61. The zero-order valence-electron chi connectivity index (χ0n) is 17.1. The summed E-state index contributed by atoms with van der Waals surface area (Å²) < 4.78 is 32.2. The van der Waals surface area contributed by atoms with E-state index in [2.05, 4.69) is 5.32 Å². The molecule has 0 saturated carbocycles. The molecule has 0 atom stereocenters. The number of ether oxygens (including phenoxy) is 1. The number of sulfonamides is 1. The Kier molecular flexibility index (Phi) is 7.21. The Balaban J connectivity index is 2.06. The van der Waals surface area contributed by atoms with E-state index in [1.165, 1.54) is 10.4 Å². The molecule has 0 radical (unpaired) electrons. The first-order chi connectivity index (χ1) is 13.2. The number of benzene rings is 2. The zero-order valence-corrected chi connectivity index (χ0v) is 17.9. The maximum atomic E-state index is 12.6. The van der Waals surface area contributed by atoms with Crippen LogP contribution in [-0.4, -0.2) is 38.3 Å². The molecular weight excluding hydrogens is 376 g/mol. The number of aryl methyl sites for hydroxylation is 3. The van der Waals surface area contributed by atoms with Gasteiger partial charge >= 0.3 is 0 Å². The van der Waals surface area contributed by atoms with Gasteiger partial charge in [0.05, 0.1) is 4.90 Å². The van der Waals surface area contributed by atoms with Crippen molar-refractivity contribution in [1.82, 2.24) is 4.31 Å². The maximum Gasteiger partial charge on any atom is 0.262 e. The fourth-order valence-electron chi connectivity index (χ4n) is 2.94. The lowest BCUT2D eigenvalue weighted by molar-refractivity contribution is -0.118. The Morgan fingerprint density at radius 2 is 1.68 bits per heavy atom. The van der Waals surface area contributed by atoms with Crippen molar-refractivity contribution in [3.63, 3.8) is 0 Å². The molecular formula is C21H28N2O4S. The lowest BCUT2D eigenvalue weighted by Crippen LogP contribution is -2.30. The number of hydrogen-bond acceptors (Lipinski definition) is 4. The summed E-state index contributed by atoms with van der Waals surface area (Å²) in [5, 5.41) is 2.83. The Labute approximate surface area is 167 Å². The number of anilines is 1. The lowest BCUT2D eigenvalue weighted by atomic mass is 10.1. The number of nitrogens with one attached hydrogen (secondary N) is 1. The molecule has 2 rings (SSSR count). The van der Waals surface area contributed by atoms with Crippen molar-refractivity contribution in [3.8, 4) is 5.75 Å². The number of hydrogen-bond donors (Lipinski definition) is 1. The van der Waals surface area contributed by atoms with Crippen LogP contribution in [0, 0.1) is 20.8 Å². The second kappa shape index (κ2) is 9.21. The molecule has 7 heteroatoms. The van der Waals surface area contributed by atoms with Crippen LogP contribution in [-0.2, 0) is 14.8 Å². The Morgan fingerprint density at radius 3 is 2.25 bits per heavy atom. The van der Waals surface area contributed by atoms with Crippen molar-refractivity contribution in [1.29, 1.82) is 0 Å². The Hall–Kier alpha value is -2.38. The van der Waals surface area contributed by atoms with E-state index < -0.39 is 10.0 Å². The minimum atomic E-state index is -3.52. The topological polar surface area (TPSA) is 75.7 Å². The monoisotopic (exact) mass is 404 g/mol. The van der Waals surface area contributed by atoms with Crippen LogP contribution in [0.4, 0.5) is 5.69 Å². The number of rotatable bonds is 8. The van der Waals surface area contributed by atoms with Gasteiger partial charge in [0.1, 0.15) is 5.75 Å². The van der Waals surface area contributed by atoms with E-state index in [0.717, 1.165) is 16.8 Å². The van der Waals surface area contributed by atoms with Crippen LogP contribution < -0.4 is 10.1 Å². The molecule has 0 heterocycles. The Morgan fingerprint density at radius 1 is 1.00 bits per heavy atom. The van der Waals surface area contributed by atoms with Gasteiger partial charge in [-0.15, -0.1) is 0 Å². The van der Waals surface area contributed by atoms with Gasteiger partial charge in [0.25, 0.3) is 5.91 Å². The highest BCUT2D eigenvalue weighted by atomic mass is 32.2. The molecule has 0 aliphatic heterocycles. The molecule has 1 amide bonds. The highest BCUT2D eigenvalue weighted by Gasteiger charge is 2.22. The summed E-state index contributed by atoms with van der Waals surface area (Å²) >= 11 is 0. The molecule has 2 aromatic rings. The lowest BCUT2D eigenvalue weighted by Gasteiger charge is -2.19. The molecule has 1 N–H and O–H groups in total. The molecule has 0 aliphatic carbocycles. The third-order valence-electron chi connectivity index (χ3n) is 4.50. The van der Waals surface area contributed by atoms with Crippen molar-refractivity contribution >= 4 is 21.6 Å². The average Bonchev–Trinajstić information content (AvgIpc) is 2.63. The molecule has 2 aromatic carbocycles. The van der Waals surface area contributed by atoms with E-state index in [-0.39, 0.29) is 17.4 Å². The third-order valence-corrected chi connectivity index (χ3v) is 6.55. The van der Waals surface area contributed by atoms with Gasteiger partial charge in [0.2, 0.25) is 10.0 Å². The molecule has 0 aliphatic rings. The fourth-order valence-corrected chi connectivity index (χ4v) is 4.48. The maximum absolute atomic E-state index is 12.6. The predicted molar refractivity (Wildman–Crippen MR) is 111 cm³/mol. The van der Waals surface area contributed by atoms with Crippen LogP contribution in [0.3, 0.4) is 0 Å². The standard InChI is InChI=1S/C21H28N2O4S/c1-6-23(7-2)28(25,26)18-9-11-20(17(5)13-18)27-14-21(24)22-19-10-8-15(3)12-16(19)4/h8-13H,6-7,14H2,1-5H3,(H,22,24). The second-order valence-electron chi connectivity index (χ2n) is 6.67. The summed E-state index contributed by atoms with van der Waals surface area (Å²) in [4.78, 5) is 12.4. The molecule has 0 aromatic heterocycles. The number of nitrogens with zero attached hydrogens (tertiary/aromatic N) is 1. The molecule has 152 valence electrons. The highest BCUT2D eigenvalue weighted by molar-refractivity contribution is 7.89. The van der Waals surface area contributed by atoms with E-state index in [1.54, 1.807) is 32.9 Å². The van der Waals surface area contributed by atoms with Crippen molar-refractivity contribution in [2.75, 3.05) is 25.0 Å². The summed E-state index contributed by atoms with van der Waals surface area (Å²) in [6, 6.07) is 10.5. The molecule has 0 fully saturated rings. The molecule has 0 saturated heterocycles. The van der Waals surface area contributed by atoms with Crippen molar-refractivity contribution in [3.05, 3.63) is 53.1 Å². The van der Waals surface area contributed by atoms with Gasteiger partial charge in [-0.05, 0) is 56.2 Å². The van der Waals surface area contributed by atoms with Crippen molar-refractivity contribution < 1.29 is 17.9 Å². The van der Waals surface area contributed by atoms with E-state index >= 15 is 0 Å². The van der Waals surface area contributed by atoms with Crippen LogP contribution in [0.2, 0.25) is 0 Å². The summed E-state index contributed by atoms with van der Waals surface area (Å²) in [6.45, 7) is 9.97. The van der Waals surface area contributed by atoms with Gasteiger partial charge in [0.15, 0.2) is 6.61 Å². The number of carbonyl (C=O) groups is 1. The smallest absolute Gasteiger partial charge is 0.262 e. The summed E-state index contributed by atoms with van der Waals surface area (Å²) in [7, 11) is -3.52. The van der Waals surface area contributed by atoms with Gasteiger partial charge in [-0.3, -0.25) is 4.79 Å². The molecule has 0 spiro atoms. The van der Waals surface area contributed by atoms with Crippen LogP contribution in [0.25, 0.3) is 0 Å². The van der Waals surface area contributed by atoms with Gasteiger partial charge in [-0.1, -0.05) is 31.5 Å². The van der Waals surface area contributed by atoms with Crippen LogP contribution >= 0.6 is 0 Å².